The van der Waals surface area contributed by atoms with Crippen LogP contribution in [0.5, 0.6) is 0 Å². The molecule has 2 rings (SSSR count). The van der Waals surface area contributed by atoms with Crippen LogP contribution in [-0.4, -0.2) is 10.9 Å². The van der Waals surface area contributed by atoms with Gasteiger partial charge in [-0.15, -0.1) is 0 Å². The highest BCUT2D eigenvalue weighted by atomic mass is 16.1. The summed E-state index contributed by atoms with van der Waals surface area (Å²) in [5, 5.41) is 2.86. The summed E-state index contributed by atoms with van der Waals surface area (Å²) in [5.41, 5.74) is 1.11. The van der Waals surface area contributed by atoms with Gasteiger partial charge < -0.3 is 5.32 Å². The van der Waals surface area contributed by atoms with E-state index in [4.69, 9.17) is 0 Å². The number of hydrogen-bond acceptors (Lipinski definition) is 2. The Hall–Kier alpha value is -1.38. The molecule has 104 valence electrons. The van der Waals surface area contributed by atoms with Crippen molar-refractivity contribution < 1.29 is 4.79 Å². The Balaban J connectivity index is 1.65. The van der Waals surface area contributed by atoms with Crippen LogP contribution in [0.25, 0.3) is 0 Å². The van der Waals surface area contributed by atoms with E-state index in [0.29, 0.717) is 12.2 Å². The predicted molar refractivity (Wildman–Crippen MR) is 78.0 cm³/mol. The van der Waals surface area contributed by atoms with Gasteiger partial charge in [-0.1, -0.05) is 38.2 Å². The van der Waals surface area contributed by atoms with Crippen molar-refractivity contribution in [2.75, 3.05) is 5.32 Å². The molecule has 1 N–H and O–H groups in total. The van der Waals surface area contributed by atoms with Crippen LogP contribution in [0.2, 0.25) is 0 Å². The molecule has 0 atom stereocenters. The van der Waals surface area contributed by atoms with E-state index in [1.165, 1.54) is 38.5 Å². The number of pyridine rings is 1. The van der Waals surface area contributed by atoms with Gasteiger partial charge in [0.05, 0.1) is 0 Å². The average molecular weight is 260 g/mol. The smallest absolute Gasteiger partial charge is 0.225 e. The molecule has 1 amide bonds. The lowest BCUT2D eigenvalue weighted by molar-refractivity contribution is -0.116. The molecule has 3 nitrogen and oxygen atoms in total. The Kier molecular flexibility index (Phi) is 5.37. The molecule has 0 bridgehead atoms. The Morgan fingerprint density at radius 1 is 1.32 bits per heavy atom. The first-order chi connectivity index (χ1) is 9.24. The molecule has 1 aliphatic carbocycles. The van der Waals surface area contributed by atoms with E-state index in [1.54, 1.807) is 6.20 Å². The number of aryl methyl sites for hydroxylation is 1. The van der Waals surface area contributed by atoms with E-state index < -0.39 is 0 Å². The first kappa shape index (κ1) is 14.0. The minimum Gasteiger partial charge on any atom is -0.311 e. The van der Waals surface area contributed by atoms with Crippen LogP contribution in [0.4, 0.5) is 5.82 Å². The molecule has 1 aromatic heterocycles. The first-order valence-corrected chi connectivity index (χ1v) is 7.46. The molecule has 1 saturated carbocycles. The van der Waals surface area contributed by atoms with Crippen molar-refractivity contribution in [1.29, 1.82) is 0 Å². The summed E-state index contributed by atoms with van der Waals surface area (Å²) in [6.45, 7) is 1.99. The van der Waals surface area contributed by atoms with E-state index in [9.17, 15) is 4.79 Å². The summed E-state index contributed by atoms with van der Waals surface area (Å²) in [6.07, 6.45) is 11.5. The average Bonchev–Trinajstić information content (AvgIpc) is 2.43. The lowest BCUT2D eigenvalue weighted by Crippen LogP contribution is -2.13. The Labute approximate surface area is 115 Å². The van der Waals surface area contributed by atoms with Gasteiger partial charge in [-0.05, 0) is 37.3 Å². The summed E-state index contributed by atoms with van der Waals surface area (Å²) in [5.74, 6) is 1.61. The fourth-order valence-corrected chi connectivity index (χ4v) is 2.77. The number of carbonyl (C=O) groups is 1. The molecule has 19 heavy (non-hydrogen) atoms. The van der Waals surface area contributed by atoms with Crippen LogP contribution in [0.15, 0.2) is 18.3 Å². The molecule has 3 heteroatoms. The van der Waals surface area contributed by atoms with Crippen molar-refractivity contribution >= 4 is 11.7 Å². The Bertz CT molecular complexity index is 394. The van der Waals surface area contributed by atoms with Gasteiger partial charge >= 0.3 is 0 Å². The highest BCUT2D eigenvalue weighted by molar-refractivity contribution is 5.89. The monoisotopic (exact) mass is 260 g/mol. The standard InChI is InChI=1S/C16H24N2O/c1-13-10-11-15(17-12-13)18-16(19)9-5-8-14-6-3-2-4-7-14/h10-12,14H,2-9H2,1H3,(H,17,18,19). The normalized spacial score (nSPS) is 16.3. The summed E-state index contributed by atoms with van der Waals surface area (Å²) >= 11 is 0. The first-order valence-electron chi connectivity index (χ1n) is 7.46. The van der Waals surface area contributed by atoms with Crippen LogP contribution < -0.4 is 5.32 Å². The van der Waals surface area contributed by atoms with Crippen LogP contribution >= 0.6 is 0 Å². The third-order valence-electron chi connectivity index (χ3n) is 3.92. The van der Waals surface area contributed by atoms with E-state index >= 15 is 0 Å². The lowest BCUT2D eigenvalue weighted by atomic mass is 9.86. The molecule has 0 spiro atoms. The molecule has 0 aromatic carbocycles. The van der Waals surface area contributed by atoms with E-state index in [0.717, 1.165) is 17.9 Å². The quantitative estimate of drug-likeness (QED) is 0.866. The van der Waals surface area contributed by atoms with Gasteiger partial charge in [0.15, 0.2) is 0 Å². The number of nitrogens with one attached hydrogen (secondary N) is 1. The number of carbonyl (C=O) groups excluding carboxylic acids is 1. The SMILES string of the molecule is Cc1ccc(NC(=O)CCCC2CCCCC2)nc1. The molecular formula is C16H24N2O. The Morgan fingerprint density at radius 3 is 2.79 bits per heavy atom. The summed E-state index contributed by atoms with van der Waals surface area (Å²) < 4.78 is 0. The number of anilines is 1. The van der Waals surface area contributed by atoms with Gasteiger partial charge in [0.1, 0.15) is 5.82 Å². The van der Waals surface area contributed by atoms with Gasteiger partial charge in [-0.3, -0.25) is 4.79 Å². The zero-order valence-electron chi connectivity index (χ0n) is 11.8. The molecule has 1 aliphatic rings. The number of aromatic nitrogens is 1. The molecule has 0 aliphatic heterocycles. The van der Waals surface area contributed by atoms with E-state index in [-0.39, 0.29) is 5.91 Å². The predicted octanol–water partition coefficient (Wildman–Crippen LogP) is 4.08. The number of amides is 1. The van der Waals surface area contributed by atoms with Crippen molar-refractivity contribution in [3.63, 3.8) is 0 Å². The number of rotatable bonds is 5. The second-order valence-corrected chi connectivity index (χ2v) is 5.67. The topological polar surface area (TPSA) is 42.0 Å². The molecule has 1 heterocycles. The molecular weight excluding hydrogens is 236 g/mol. The third kappa shape index (κ3) is 5.01. The number of hydrogen-bond donors (Lipinski definition) is 1. The third-order valence-corrected chi connectivity index (χ3v) is 3.92. The van der Waals surface area contributed by atoms with Gasteiger partial charge in [0, 0.05) is 12.6 Å². The minimum absolute atomic E-state index is 0.0900. The largest absolute Gasteiger partial charge is 0.311 e. The minimum atomic E-state index is 0.0900. The van der Waals surface area contributed by atoms with Gasteiger partial charge in [-0.25, -0.2) is 4.98 Å². The number of nitrogens with zero attached hydrogens (tertiary/aromatic N) is 1. The van der Waals surface area contributed by atoms with Crippen molar-refractivity contribution in [1.82, 2.24) is 4.98 Å². The van der Waals surface area contributed by atoms with E-state index in [2.05, 4.69) is 10.3 Å². The lowest BCUT2D eigenvalue weighted by Gasteiger charge is -2.21. The zero-order valence-corrected chi connectivity index (χ0v) is 11.8. The fraction of sp³-hybridized carbons (Fsp3) is 0.625. The van der Waals surface area contributed by atoms with Crippen LogP contribution in [-0.2, 0) is 4.79 Å². The van der Waals surface area contributed by atoms with Crippen LogP contribution in [0.3, 0.4) is 0 Å². The van der Waals surface area contributed by atoms with Crippen molar-refractivity contribution in [2.24, 2.45) is 5.92 Å². The van der Waals surface area contributed by atoms with Crippen LogP contribution in [0, 0.1) is 12.8 Å². The Morgan fingerprint density at radius 2 is 2.11 bits per heavy atom. The summed E-state index contributed by atoms with van der Waals surface area (Å²) in [7, 11) is 0. The maximum absolute atomic E-state index is 11.8. The van der Waals surface area contributed by atoms with Crippen LogP contribution in [0.1, 0.15) is 56.9 Å². The van der Waals surface area contributed by atoms with Gasteiger partial charge in [-0.2, -0.15) is 0 Å². The second-order valence-electron chi connectivity index (χ2n) is 5.67. The summed E-state index contributed by atoms with van der Waals surface area (Å²) in [6, 6.07) is 3.82. The molecule has 0 radical (unpaired) electrons. The fourth-order valence-electron chi connectivity index (χ4n) is 2.77. The maximum Gasteiger partial charge on any atom is 0.225 e. The van der Waals surface area contributed by atoms with E-state index in [1.807, 2.05) is 19.1 Å². The van der Waals surface area contributed by atoms with Crippen molar-refractivity contribution in [3.05, 3.63) is 23.9 Å². The van der Waals surface area contributed by atoms with Gasteiger partial charge in [0.2, 0.25) is 5.91 Å². The molecule has 0 saturated heterocycles. The molecule has 0 unspecified atom stereocenters. The second kappa shape index (κ2) is 7.27. The van der Waals surface area contributed by atoms with Crippen molar-refractivity contribution in [3.8, 4) is 0 Å². The maximum atomic E-state index is 11.8. The molecule has 1 fully saturated rings. The zero-order chi connectivity index (χ0) is 13.5. The highest BCUT2D eigenvalue weighted by Gasteiger charge is 2.13. The van der Waals surface area contributed by atoms with Gasteiger partial charge in [0.25, 0.3) is 0 Å². The van der Waals surface area contributed by atoms with Crippen molar-refractivity contribution in [2.45, 2.75) is 58.3 Å². The summed E-state index contributed by atoms with van der Waals surface area (Å²) in [4.78, 5) is 16.0. The highest BCUT2D eigenvalue weighted by Crippen LogP contribution is 2.27. The molecule has 1 aromatic rings.